The van der Waals surface area contributed by atoms with Crippen molar-refractivity contribution in [3.63, 3.8) is 0 Å². The summed E-state index contributed by atoms with van der Waals surface area (Å²) in [5.41, 5.74) is 2.60. The lowest BCUT2D eigenvalue weighted by atomic mass is 9.86. The fraction of sp³-hybridized carbons (Fsp3) is 0.0714. The van der Waals surface area contributed by atoms with Crippen LogP contribution in [0.1, 0.15) is 11.1 Å². The summed E-state index contributed by atoms with van der Waals surface area (Å²) in [6.45, 7) is 4.36. The molecule has 0 spiro atoms. The third-order valence-electron chi connectivity index (χ3n) is 6.17. The van der Waals surface area contributed by atoms with Crippen LogP contribution in [-0.4, -0.2) is 0 Å². The highest BCUT2D eigenvalue weighted by Crippen LogP contribution is 2.44. The molecule has 0 bridgehead atoms. The maximum Gasteiger partial charge on any atom is 0.0181 e. The van der Waals surface area contributed by atoms with E-state index in [0.717, 1.165) is 4.47 Å². The van der Waals surface area contributed by atoms with Crippen LogP contribution < -0.4 is 0 Å². The Kier molecular flexibility index (Phi) is 3.54. The highest BCUT2D eigenvalue weighted by atomic mass is 79.9. The van der Waals surface area contributed by atoms with Crippen LogP contribution in [0.25, 0.3) is 53.9 Å². The van der Waals surface area contributed by atoms with E-state index in [1.54, 1.807) is 0 Å². The Morgan fingerprint density at radius 2 is 0.897 bits per heavy atom. The molecule has 0 amide bonds. The molecule has 0 aliphatic heterocycles. The first kappa shape index (κ1) is 17.0. The van der Waals surface area contributed by atoms with Gasteiger partial charge in [-0.1, -0.05) is 93.8 Å². The van der Waals surface area contributed by atoms with Crippen molar-refractivity contribution in [3.8, 4) is 0 Å². The highest BCUT2D eigenvalue weighted by molar-refractivity contribution is 9.10. The lowest BCUT2D eigenvalue weighted by Gasteiger charge is -2.17. The van der Waals surface area contributed by atoms with Gasteiger partial charge in [0.05, 0.1) is 0 Å². The monoisotopic (exact) mass is 434 g/mol. The fourth-order valence-corrected chi connectivity index (χ4v) is 5.28. The Hall–Kier alpha value is -2.90. The molecule has 0 aliphatic rings. The van der Waals surface area contributed by atoms with Gasteiger partial charge in [-0.3, -0.25) is 0 Å². The average Bonchev–Trinajstić information content (AvgIpc) is 2.73. The first-order chi connectivity index (χ1) is 14.1. The molecule has 0 nitrogen and oxygen atoms in total. The fourth-order valence-electron chi connectivity index (χ4n) is 4.92. The summed E-state index contributed by atoms with van der Waals surface area (Å²) in [4.78, 5) is 0. The molecule has 0 saturated carbocycles. The highest BCUT2D eigenvalue weighted by Gasteiger charge is 2.16. The molecular weight excluding hydrogens is 416 g/mol. The predicted octanol–water partition coefficient (Wildman–Crippen LogP) is 8.83. The number of benzene rings is 6. The molecule has 0 aromatic heterocycles. The molecular formula is C28H19Br. The van der Waals surface area contributed by atoms with E-state index < -0.39 is 0 Å². The van der Waals surface area contributed by atoms with Gasteiger partial charge >= 0.3 is 0 Å². The van der Waals surface area contributed by atoms with E-state index in [1.165, 1.54) is 65.0 Å². The summed E-state index contributed by atoms with van der Waals surface area (Å²) >= 11 is 3.69. The van der Waals surface area contributed by atoms with Gasteiger partial charge in [0.25, 0.3) is 0 Å². The van der Waals surface area contributed by atoms with E-state index in [1.807, 2.05) is 0 Å². The minimum atomic E-state index is 1.12. The third-order valence-corrected chi connectivity index (χ3v) is 6.66. The lowest BCUT2D eigenvalue weighted by Crippen LogP contribution is -1.89. The molecule has 0 radical (unpaired) electrons. The standard InChI is InChI=1S/C28H19Br/c1-16-7-10-21-24(13-16)25-14-17(2)8-11-22(25)28-23-12-9-18(29)15-26(23)19-5-3-4-6-20(19)27(21)28/h3-15H,1-2H3. The Morgan fingerprint density at radius 1 is 0.448 bits per heavy atom. The van der Waals surface area contributed by atoms with Gasteiger partial charge in [0.1, 0.15) is 0 Å². The van der Waals surface area contributed by atoms with Crippen LogP contribution in [0.15, 0.2) is 83.3 Å². The van der Waals surface area contributed by atoms with Crippen LogP contribution in [-0.2, 0) is 0 Å². The quantitative estimate of drug-likeness (QED) is 0.209. The maximum atomic E-state index is 3.69. The molecule has 1 heteroatoms. The van der Waals surface area contributed by atoms with Gasteiger partial charge in [0.15, 0.2) is 0 Å². The van der Waals surface area contributed by atoms with Gasteiger partial charge in [-0.15, -0.1) is 0 Å². The molecule has 138 valence electrons. The predicted molar refractivity (Wildman–Crippen MR) is 131 cm³/mol. The van der Waals surface area contributed by atoms with Crippen molar-refractivity contribution in [3.05, 3.63) is 94.5 Å². The van der Waals surface area contributed by atoms with Gasteiger partial charge in [-0.05, 0) is 79.8 Å². The van der Waals surface area contributed by atoms with Crippen LogP contribution in [0.4, 0.5) is 0 Å². The van der Waals surface area contributed by atoms with Crippen molar-refractivity contribution in [2.24, 2.45) is 0 Å². The summed E-state index contributed by atoms with van der Waals surface area (Å²) < 4.78 is 1.12. The summed E-state index contributed by atoms with van der Waals surface area (Å²) in [5, 5.41) is 13.3. The van der Waals surface area contributed by atoms with Gasteiger partial charge < -0.3 is 0 Å². The number of halogens is 1. The van der Waals surface area contributed by atoms with Crippen molar-refractivity contribution in [2.75, 3.05) is 0 Å². The van der Waals surface area contributed by atoms with E-state index in [9.17, 15) is 0 Å². The van der Waals surface area contributed by atoms with E-state index in [-0.39, 0.29) is 0 Å². The van der Waals surface area contributed by atoms with Crippen molar-refractivity contribution in [1.82, 2.24) is 0 Å². The molecule has 0 N–H and O–H groups in total. The first-order valence-corrected chi connectivity index (χ1v) is 10.8. The lowest BCUT2D eigenvalue weighted by molar-refractivity contribution is 1.50. The molecule has 6 aromatic rings. The van der Waals surface area contributed by atoms with E-state index in [4.69, 9.17) is 0 Å². The smallest absolute Gasteiger partial charge is 0.0181 e. The zero-order chi connectivity index (χ0) is 19.7. The molecule has 0 atom stereocenters. The molecule has 0 heterocycles. The molecule has 0 saturated heterocycles. The number of hydrogen-bond acceptors (Lipinski definition) is 0. The summed E-state index contributed by atoms with van der Waals surface area (Å²) in [7, 11) is 0. The third kappa shape index (κ3) is 2.37. The number of hydrogen-bond donors (Lipinski definition) is 0. The van der Waals surface area contributed by atoms with Crippen LogP contribution in [0.3, 0.4) is 0 Å². The summed E-state index contributed by atoms with van der Waals surface area (Å²) in [6, 6.07) is 29.3. The Morgan fingerprint density at radius 3 is 1.48 bits per heavy atom. The zero-order valence-corrected chi connectivity index (χ0v) is 18.0. The van der Waals surface area contributed by atoms with Crippen LogP contribution in [0.5, 0.6) is 0 Å². The minimum absolute atomic E-state index is 1.12. The van der Waals surface area contributed by atoms with Crippen molar-refractivity contribution < 1.29 is 0 Å². The topological polar surface area (TPSA) is 0 Å². The normalized spacial score (nSPS) is 12.0. The van der Waals surface area contributed by atoms with E-state index in [0.29, 0.717) is 0 Å². The van der Waals surface area contributed by atoms with Crippen LogP contribution in [0, 0.1) is 13.8 Å². The van der Waals surface area contributed by atoms with Gasteiger partial charge in [0, 0.05) is 4.47 Å². The maximum absolute atomic E-state index is 3.69. The largest absolute Gasteiger partial charge is 0.0616 e. The zero-order valence-electron chi connectivity index (χ0n) is 16.4. The van der Waals surface area contributed by atoms with Crippen molar-refractivity contribution >= 4 is 69.8 Å². The first-order valence-electron chi connectivity index (χ1n) is 9.98. The second-order valence-corrected chi connectivity index (χ2v) is 9.00. The number of rotatable bonds is 0. The van der Waals surface area contributed by atoms with Gasteiger partial charge in [-0.25, -0.2) is 0 Å². The minimum Gasteiger partial charge on any atom is -0.0616 e. The second-order valence-electron chi connectivity index (χ2n) is 8.08. The summed E-state index contributed by atoms with van der Waals surface area (Å²) in [5.74, 6) is 0. The Labute approximate surface area is 177 Å². The molecule has 29 heavy (non-hydrogen) atoms. The van der Waals surface area contributed by atoms with Gasteiger partial charge in [0.2, 0.25) is 0 Å². The molecule has 6 aromatic carbocycles. The number of fused-ring (bicyclic) bond motifs is 11. The average molecular weight is 435 g/mol. The van der Waals surface area contributed by atoms with Crippen LogP contribution in [0.2, 0.25) is 0 Å². The summed E-state index contributed by atoms with van der Waals surface area (Å²) in [6.07, 6.45) is 0. The Balaban J connectivity index is 2.09. The second kappa shape index (κ2) is 6.05. The van der Waals surface area contributed by atoms with Crippen molar-refractivity contribution in [2.45, 2.75) is 13.8 Å². The van der Waals surface area contributed by atoms with E-state index in [2.05, 4.69) is 109 Å². The SMILES string of the molecule is Cc1ccc2c(c1)c1cc(C)ccc1c1c3ccc(Br)cc3c3ccccc3c21. The molecule has 0 aliphatic carbocycles. The number of aryl methyl sites for hydroxylation is 2. The van der Waals surface area contributed by atoms with Crippen molar-refractivity contribution in [1.29, 1.82) is 0 Å². The van der Waals surface area contributed by atoms with Gasteiger partial charge in [-0.2, -0.15) is 0 Å². The molecule has 0 unspecified atom stereocenters. The molecule has 0 fully saturated rings. The Bertz CT molecular complexity index is 1620. The van der Waals surface area contributed by atoms with E-state index >= 15 is 0 Å². The molecule has 6 rings (SSSR count). The van der Waals surface area contributed by atoms with Crippen LogP contribution >= 0.6 is 15.9 Å².